The number of likely N-dealkylation sites (N-methyl/N-ethyl adjacent to an activating group) is 1. The highest BCUT2D eigenvalue weighted by Gasteiger charge is 2.23. The number of carbonyl (C=O) groups excluding carboxylic acids is 1. The van der Waals surface area contributed by atoms with Gasteiger partial charge in [-0.3, -0.25) is 9.69 Å². The van der Waals surface area contributed by atoms with E-state index < -0.39 is 6.10 Å². The molecule has 1 aromatic carbocycles. The molecule has 0 bridgehead atoms. The fraction of sp³-hybridized carbons (Fsp3) is 0.429. The summed E-state index contributed by atoms with van der Waals surface area (Å²) in [5.41, 5.74) is 1.84. The van der Waals surface area contributed by atoms with Crippen LogP contribution in [0.5, 0.6) is 5.75 Å². The van der Waals surface area contributed by atoms with Crippen molar-refractivity contribution in [3.05, 3.63) is 23.8 Å². The number of hydrogen-bond acceptors (Lipinski definition) is 4. The molecule has 1 unspecified atom stereocenters. The predicted octanol–water partition coefficient (Wildman–Crippen LogP) is 1.40. The number of nitrogens with one attached hydrogen (secondary N) is 1. The number of hydrogen-bond donors (Lipinski definition) is 1. The van der Waals surface area contributed by atoms with Crippen molar-refractivity contribution in [1.29, 1.82) is 5.26 Å². The first-order valence-electron chi connectivity index (χ1n) is 6.26. The zero-order valence-corrected chi connectivity index (χ0v) is 11.1. The van der Waals surface area contributed by atoms with Crippen LogP contribution in [0.25, 0.3) is 0 Å². The molecule has 0 saturated heterocycles. The Hall–Kier alpha value is -2.06. The summed E-state index contributed by atoms with van der Waals surface area (Å²) in [7, 11) is 1.91. The van der Waals surface area contributed by atoms with Crippen molar-refractivity contribution in [2.24, 2.45) is 0 Å². The summed E-state index contributed by atoms with van der Waals surface area (Å²) in [5, 5.41) is 11.4. The maximum absolute atomic E-state index is 11.5. The fourth-order valence-electron chi connectivity index (χ4n) is 1.93. The van der Waals surface area contributed by atoms with Gasteiger partial charge in [-0.05, 0) is 38.1 Å². The third kappa shape index (κ3) is 3.24. The monoisotopic (exact) mass is 259 g/mol. The van der Waals surface area contributed by atoms with Crippen molar-refractivity contribution in [2.45, 2.75) is 19.4 Å². The lowest BCUT2D eigenvalue weighted by molar-refractivity contribution is -0.122. The van der Waals surface area contributed by atoms with E-state index in [1.807, 2.05) is 30.1 Å². The quantitative estimate of drug-likeness (QED) is 0.830. The van der Waals surface area contributed by atoms with E-state index >= 15 is 0 Å². The van der Waals surface area contributed by atoms with E-state index in [2.05, 4.69) is 11.4 Å². The average molecular weight is 259 g/mol. The highest BCUT2D eigenvalue weighted by atomic mass is 16.5. The molecule has 0 fully saturated rings. The molecule has 1 N–H and O–H groups in total. The number of nitriles is 1. The Labute approximate surface area is 112 Å². The van der Waals surface area contributed by atoms with Gasteiger partial charge in [0.1, 0.15) is 5.75 Å². The zero-order valence-electron chi connectivity index (χ0n) is 11.1. The molecule has 1 aliphatic rings. The molecule has 5 nitrogen and oxygen atoms in total. The Morgan fingerprint density at radius 3 is 3.05 bits per heavy atom. The highest BCUT2D eigenvalue weighted by molar-refractivity contribution is 5.97. The Morgan fingerprint density at radius 1 is 1.53 bits per heavy atom. The van der Waals surface area contributed by atoms with Gasteiger partial charge >= 0.3 is 0 Å². The number of nitrogens with zero attached hydrogens (tertiary/aromatic N) is 2. The molecule has 0 saturated carbocycles. The van der Waals surface area contributed by atoms with Gasteiger partial charge in [0.15, 0.2) is 6.10 Å². The zero-order chi connectivity index (χ0) is 13.8. The molecule has 1 aromatic rings. The topological polar surface area (TPSA) is 65.4 Å². The first kappa shape index (κ1) is 13.4. The molecular weight excluding hydrogens is 242 g/mol. The van der Waals surface area contributed by atoms with Crippen LogP contribution in [-0.2, 0) is 11.2 Å². The first-order chi connectivity index (χ1) is 9.10. The van der Waals surface area contributed by atoms with Gasteiger partial charge in [-0.15, -0.1) is 0 Å². The molecule has 1 atom stereocenters. The van der Waals surface area contributed by atoms with Crippen LogP contribution in [0, 0.1) is 11.3 Å². The average Bonchev–Trinajstić information content (AvgIpc) is 2.38. The lowest BCUT2D eigenvalue weighted by Crippen LogP contribution is -2.34. The van der Waals surface area contributed by atoms with E-state index in [1.54, 1.807) is 6.92 Å². The molecule has 5 heteroatoms. The molecule has 0 aliphatic carbocycles. The van der Waals surface area contributed by atoms with Crippen LogP contribution in [0.3, 0.4) is 0 Å². The molecule has 1 aliphatic heterocycles. The molecule has 0 aromatic heterocycles. The summed E-state index contributed by atoms with van der Waals surface area (Å²) in [6, 6.07) is 7.91. The predicted molar refractivity (Wildman–Crippen MR) is 72.0 cm³/mol. The second kappa shape index (κ2) is 5.72. The van der Waals surface area contributed by atoms with Crippen molar-refractivity contribution in [3.8, 4) is 11.8 Å². The van der Waals surface area contributed by atoms with Crippen LogP contribution in [0.4, 0.5) is 5.69 Å². The van der Waals surface area contributed by atoms with Crippen LogP contribution in [0.2, 0.25) is 0 Å². The van der Waals surface area contributed by atoms with Gasteiger partial charge in [0.2, 0.25) is 0 Å². The largest absolute Gasteiger partial charge is 0.479 e. The smallest absolute Gasteiger partial charge is 0.265 e. The van der Waals surface area contributed by atoms with Crippen molar-refractivity contribution < 1.29 is 9.53 Å². The molecule has 19 heavy (non-hydrogen) atoms. The summed E-state index contributed by atoms with van der Waals surface area (Å²) in [6.45, 7) is 2.95. The molecule has 1 heterocycles. The second-order valence-electron chi connectivity index (χ2n) is 4.73. The summed E-state index contributed by atoms with van der Waals surface area (Å²) in [4.78, 5) is 13.5. The highest BCUT2D eigenvalue weighted by Crippen LogP contribution is 2.30. The van der Waals surface area contributed by atoms with E-state index in [0.717, 1.165) is 24.2 Å². The van der Waals surface area contributed by atoms with Crippen molar-refractivity contribution in [3.63, 3.8) is 0 Å². The van der Waals surface area contributed by atoms with E-state index in [1.165, 1.54) is 0 Å². The Kier molecular flexibility index (Phi) is 4.03. The lowest BCUT2D eigenvalue weighted by atomic mass is 10.1. The van der Waals surface area contributed by atoms with Gasteiger partial charge < -0.3 is 10.1 Å². The van der Waals surface area contributed by atoms with Gasteiger partial charge in [0, 0.05) is 6.54 Å². The minimum atomic E-state index is -0.444. The molecule has 2 rings (SSSR count). The minimum Gasteiger partial charge on any atom is -0.479 e. The number of benzene rings is 1. The Morgan fingerprint density at radius 2 is 2.32 bits per heavy atom. The summed E-state index contributed by atoms with van der Waals surface area (Å²) >= 11 is 0. The number of carbonyl (C=O) groups is 1. The van der Waals surface area contributed by atoms with Crippen molar-refractivity contribution >= 4 is 11.6 Å². The van der Waals surface area contributed by atoms with Crippen molar-refractivity contribution in [1.82, 2.24) is 4.90 Å². The number of anilines is 1. The van der Waals surface area contributed by atoms with Crippen LogP contribution in [-0.4, -0.2) is 37.0 Å². The fourth-order valence-corrected chi connectivity index (χ4v) is 1.93. The SMILES string of the molecule is CC1Oc2ccc(CCN(C)CC#N)cc2NC1=O. The Bertz CT molecular complexity index is 522. The molecule has 0 radical (unpaired) electrons. The number of fused-ring (bicyclic) bond motifs is 1. The molecule has 100 valence electrons. The second-order valence-corrected chi connectivity index (χ2v) is 4.73. The van der Waals surface area contributed by atoms with Gasteiger partial charge in [-0.1, -0.05) is 6.07 Å². The summed E-state index contributed by atoms with van der Waals surface area (Å²) < 4.78 is 5.50. The van der Waals surface area contributed by atoms with E-state index in [-0.39, 0.29) is 5.91 Å². The normalized spacial score (nSPS) is 17.4. The number of amides is 1. The Balaban J connectivity index is 2.03. The van der Waals surface area contributed by atoms with Gasteiger partial charge in [-0.2, -0.15) is 5.26 Å². The van der Waals surface area contributed by atoms with E-state index in [0.29, 0.717) is 12.3 Å². The van der Waals surface area contributed by atoms with E-state index in [9.17, 15) is 4.79 Å². The summed E-state index contributed by atoms with van der Waals surface area (Å²) in [5.74, 6) is 0.590. The van der Waals surface area contributed by atoms with Crippen LogP contribution < -0.4 is 10.1 Å². The van der Waals surface area contributed by atoms with E-state index in [4.69, 9.17) is 10.00 Å². The molecule has 0 spiro atoms. The first-order valence-corrected chi connectivity index (χ1v) is 6.26. The van der Waals surface area contributed by atoms with Gasteiger partial charge in [-0.25, -0.2) is 0 Å². The lowest BCUT2D eigenvalue weighted by Gasteiger charge is -2.24. The van der Waals surface area contributed by atoms with Crippen LogP contribution in [0.15, 0.2) is 18.2 Å². The third-order valence-corrected chi connectivity index (χ3v) is 3.10. The standard InChI is InChI=1S/C14H17N3O2/c1-10-14(18)16-12-9-11(3-4-13(12)19-10)5-7-17(2)8-6-15/h3-4,9-10H,5,7-8H2,1-2H3,(H,16,18). The number of ether oxygens (including phenoxy) is 1. The number of rotatable bonds is 4. The van der Waals surface area contributed by atoms with Crippen LogP contribution >= 0.6 is 0 Å². The maximum Gasteiger partial charge on any atom is 0.265 e. The molecule has 1 amide bonds. The van der Waals surface area contributed by atoms with Gasteiger partial charge in [0.05, 0.1) is 18.3 Å². The van der Waals surface area contributed by atoms with Crippen LogP contribution in [0.1, 0.15) is 12.5 Å². The maximum atomic E-state index is 11.5. The van der Waals surface area contributed by atoms with Crippen molar-refractivity contribution in [2.75, 3.05) is 25.5 Å². The molecular formula is C14H17N3O2. The van der Waals surface area contributed by atoms with Gasteiger partial charge in [0.25, 0.3) is 5.91 Å². The minimum absolute atomic E-state index is 0.119. The third-order valence-electron chi connectivity index (χ3n) is 3.10. The summed E-state index contributed by atoms with van der Waals surface area (Å²) in [6.07, 6.45) is 0.386.